The molecule has 1 rings (SSSR count). The van der Waals surface area contributed by atoms with Crippen LogP contribution >= 0.6 is 0 Å². The third-order valence-electron chi connectivity index (χ3n) is 2.27. The molecule has 1 aromatic heterocycles. The third kappa shape index (κ3) is 4.72. The zero-order valence-corrected chi connectivity index (χ0v) is 10.5. The third-order valence-corrected chi connectivity index (χ3v) is 3.25. The van der Waals surface area contributed by atoms with Crippen molar-refractivity contribution in [2.24, 2.45) is 0 Å². The Morgan fingerprint density at radius 1 is 1.44 bits per heavy atom. The van der Waals surface area contributed by atoms with Crippen molar-refractivity contribution in [1.82, 2.24) is 10.3 Å². The Morgan fingerprint density at radius 2 is 2.19 bits per heavy atom. The molecule has 0 aliphatic rings. The number of sulfone groups is 1. The van der Waals surface area contributed by atoms with Crippen LogP contribution in [0.5, 0.6) is 0 Å². The number of hydrogen-bond acceptors (Lipinski definition) is 4. The second-order valence-corrected chi connectivity index (χ2v) is 6.04. The highest BCUT2D eigenvalue weighted by Gasteiger charge is 2.13. The first-order valence-electron chi connectivity index (χ1n) is 5.35. The first-order valence-corrected chi connectivity index (χ1v) is 7.41. The van der Waals surface area contributed by atoms with Crippen molar-refractivity contribution in [3.8, 4) is 0 Å². The molecular formula is C11H18N2O2S. The van der Waals surface area contributed by atoms with Gasteiger partial charge in [-0.1, -0.05) is 13.0 Å². The molecule has 0 spiro atoms. The lowest BCUT2D eigenvalue weighted by molar-refractivity contribution is 0.519. The number of rotatable bonds is 6. The van der Waals surface area contributed by atoms with Crippen LogP contribution in [0.2, 0.25) is 0 Å². The summed E-state index contributed by atoms with van der Waals surface area (Å²) in [6, 6.07) is 5.69. The Morgan fingerprint density at radius 3 is 2.69 bits per heavy atom. The van der Waals surface area contributed by atoms with Gasteiger partial charge < -0.3 is 5.32 Å². The van der Waals surface area contributed by atoms with Crippen LogP contribution in [-0.4, -0.2) is 32.0 Å². The van der Waals surface area contributed by atoms with Crippen LogP contribution in [0.15, 0.2) is 24.4 Å². The molecule has 90 valence electrons. The topological polar surface area (TPSA) is 59.1 Å². The summed E-state index contributed by atoms with van der Waals surface area (Å²) in [7, 11) is -2.91. The summed E-state index contributed by atoms with van der Waals surface area (Å²) in [4.78, 5) is 4.24. The molecule has 1 unspecified atom stereocenters. The molecule has 1 aromatic rings. The van der Waals surface area contributed by atoms with Gasteiger partial charge in [0.2, 0.25) is 0 Å². The molecule has 0 saturated heterocycles. The molecule has 0 saturated carbocycles. The average molecular weight is 242 g/mol. The van der Waals surface area contributed by atoms with Gasteiger partial charge in [-0.25, -0.2) is 8.42 Å². The van der Waals surface area contributed by atoms with E-state index in [4.69, 9.17) is 0 Å². The Kier molecular flexibility index (Phi) is 4.89. The van der Waals surface area contributed by atoms with Crippen LogP contribution in [0.25, 0.3) is 0 Å². The number of pyridine rings is 1. The number of nitrogens with one attached hydrogen (secondary N) is 1. The molecule has 1 atom stereocenters. The van der Waals surface area contributed by atoms with E-state index in [9.17, 15) is 8.42 Å². The second kappa shape index (κ2) is 5.96. The number of nitrogens with zero attached hydrogens (tertiary/aromatic N) is 1. The minimum absolute atomic E-state index is 0.0147. The summed E-state index contributed by atoms with van der Waals surface area (Å²) >= 11 is 0. The van der Waals surface area contributed by atoms with E-state index in [1.54, 1.807) is 6.20 Å². The maximum atomic E-state index is 11.1. The van der Waals surface area contributed by atoms with Crippen molar-refractivity contribution in [2.75, 3.05) is 18.6 Å². The van der Waals surface area contributed by atoms with Gasteiger partial charge in [0, 0.05) is 12.5 Å². The highest BCUT2D eigenvalue weighted by Crippen LogP contribution is 2.14. The van der Waals surface area contributed by atoms with Crippen molar-refractivity contribution in [1.29, 1.82) is 0 Å². The highest BCUT2D eigenvalue weighted by molar-refractivity contribution is 7.90. The van der Waals surface area contributed by atoms with E-state index in [0.717, 1.165) is 12.2 Å². The second-order valence-electron chi connectivity index (χ2n) is 3.78. The molecule has 1 heterocycles. The number of hydrogen-bond donors (Lipinski definition) is 1. The molecule has 5 heteroatoms. The summed E-state index contributed by atoms with van der Waals surface area (Å²) < 4.78 is 22.2. The zero-order valence-electron chi connectivity index (χ0n) is 9.68. The summed E-state index contributed by atoms with van der Waals surface area (Å²) in [5, 5.41) is 3.24. The fourth-order valence-corrected chi connectivity index (χ4v) is 2.18. The van der Waals surface area contributed by atoms with Crippen LogP contribution in [0, 0.1) is 0 Å². The minimum atomic E-state index is -2.91. The molecular weight excluding hydrogens is 224 g/mol. The van der Waals surface area contributed by atoms with Crippen LogP contribution < -0.4 is 5.32 Å². The Hall–Kier alpha value is -0.940. The van der Waals surface area contributed by atoms with Gasteiger partial charge >= 0.3 is 0 Å². The average Bonchev–Trinajstić information content (AvgIpc) is 2.24. The van der Waals surface area contributed by atoms with Crippen LogP contribution in [0.1, 0.15) is 25.1 Å². The van der Waals surface area contributed by atoms with E-state index >= 15 is 0 Å². The Labute approximate surface area is 97.0 Å². The normalized spacial score (nSPS) is 13.6. The molecule has 4 nitrogen and oxygen atoms in total. The van der Waals surface area contributed by atoms with Gasteiger partial charge in [-0.05, 0) is 25.1 Å². The molecule has 0 aliphatic carbocycles. The maximum Gasteiger partial charge on any atom is 0.147 e. The molecule has 0 radical (unpaired) electrons. The lowest BCUT2D eigenvalue weighted by Gasteiger charge is -2.16. The van der Waals surface area contributed by atoms with E-state index in [2.05, 4.69) is 10.3 Å². The predicted molar refractivity (Wildman–Crippen MR) is 65.0 cm³/mol. The van der Waals surface area contributed by atoms with Gasteiger partial charge in [-0.3, -0.25) is 4.98 Å². The van der Waals surface area contributed by atoms with Crippen molar-refractivity contribution in [3.63, 3.8) is 0 Å². The molecule has 16 heavy (non-hydrogen) atoms. The van der Waals surface area contributed by atoms with Crippen molar-refractivity contribution in [3.05, 3.63) is 30.1 Å². The van der Waals surface area contributed by atoms with Crippen molar-refractivity contribution >= 4 is 9.84 Å². The molecule has 0 fully saturated rings. The SMILES string of the molecule is CCNC(CCS(C)(=O)=O)c1ccccn1. The zero-order chi connectivity index (χ0) is 12.0. The van der Waals surface area contributed by atoms with Crippen molar-refractivity contribution < 1.29 is 8.42 Å². The molecule has 0 aliphatic heterocycles. The fourth-order valence-electron chi connectivity index (χ4n) is 1.51. The Balaban J connectivity index is 2.69. The lowest BCUT2D eigenvalue weighted by Crippen LogP contribution is -2.24. The lowest BCUT2D eigenvalue weighted by atomic mass is 10.1. The van der Waals surface area contributed by atoms with Gasteiger partial charge in [0.15, 0.2) is 0 Å². The van der Waals surface area contributed by atoms with Gasteiger partial charge in [0.05, 0.1) is 17.5 Å². The van der Waals surface area contributed by atoms with E-state index in [1.807, 2.05) is 25.1 Å². The standard InChI is InChI=1S/C11H18N2O2S/c1-3-12-11(7-9-16(2,14)15)10-6-4-5-8-13-10/h4-6,8,11-12H,3,7,9H2,1-2H3. The smallest absolute Gasteiger partial charge is 0.147 e. The van der Waals surface area contributed by atoms with E-state index in [-0.39, 0.29) is 11.8 Å². The highest BCUT2D eigenvalue weighted by atomic mass is 32.2. The van der Waals surface area contributed by atoms with Gasteiger partial charge in [-0.2, -0.15) is 0 Å². The van der Waals surface area contributed by atoms with E-state index < -0.39 is 9.84 Å². The van der Waals surface area contributed by atoms with Crippen molar-refractivity contribution in [2.45, 2.75) is 19.4 Å². The first-order chi connectivity index (χ1) is 7.53. The number of aromatic nitrogens is 1. The van der Waals surface area contributed by atoms with Gasteiger partial charge in [-0.15, -0.1) is 0 Å². The maximum absolute atomic E-state index is 11.1. The molecule has 0 bridgehead atoms. The van der Waals surface area contributed by atoms with Crippen LogP contribution in [-0.2, 0) is 9.84 Å². The van der Waals surface area contributed by atoms with Crippen LogP contribution in [0.4, 0.5) is 0 Å². The minimum Gasteiger partial charge on any atom is -0.309 e. The fraction of sp³-hybridized carbons (Fsp3) is 0.545. The van der Waals surface area contributed by atoms with E-state index in [1.165, 1.54) is 6.26 Å². The van der Waals surface area contributed by atoms with Gasteiger partial charge in [0.1, 0.15) is 9.84 Å². The monoisotopic (exact) mass is 242 g/mol. The molecule has 0 amide bonds. The summed E-state index contributed by atoms with van der Waals surface area (Å²) in [5.41, 5.74) is 0.896. The van der Waals surface area contributed by atoms with Crippen LogP contribution in [0.3, 0.4) is 0 Å². The molecule has 0 aromatic carbocycles. The Bertz CT molecular complexity index is 403. The predicted octanol–water partition coefficient (Wildman–Crippen LogP) is 1.17. The summed E-state index contributed by atoms with van der Waals surface area (Å²) in [6.07, 6.45) is 3.54. The summed E-state index contributed by atoms with van der Waals surface area (Å²) in [6.45, 7) is 2.79. The molecule has 1 N–H and O–H groups in total. The summed E-state index contributed by atoms with van der Waals surface area (Å²) in [5.74, 6) is 0.182. The first kappa shape index (κ1) is 13.1. The van der Waals surface area contributed by atoms with Gasteiger partial charge in [0.25, 0.3) is 0 Å². The van der Waals surface area contributed by atoms with E-state index in [0.29, 0.717) is 6.42 Å². The quantitative estimate of drug-likeness (QED) is 0.813. The largest absolute Gasteiger partial charge is 0.309 e.